The van der Waals surface area contributed by atoms with E-state index in [1.54, 1.807) is 13.0 Å². The van der Waals surface area contributed by atoms with E-state index in [-0.39, 0.29) is 28.9 Å². The Morgan fingerprint density at radius 3 is 2.36 bits per heavy atom. The summed E-state index contributed by atoms with van der Waals surface area (Å²) in [6.07, 6.45) is 2.94. The highest BCUT2D eigenvalue weighted by molar-refractivity contribution is 7.92. The van der Waals surface area contributed by atoms with Crippen LogP contribution in [0.4, 0.5) is 10.1 Å². The fourth-order valence-electron chi connectivity index (χ4n) is 3.66. The third-order valence-corrected chi connectivity index (χ3v) is 6.93. The second-order valence-electron chi connectivity index (χ2n) is 8.30. The SMILES string of the molecule is CCCCNC(=O)[C@@H](CC)N(Cc1ccc(F)cc1)C(=O)CN(c1cc(Cl)ccc1OC)S(C)(=O)=O. The number of methoxy groups -OCH3 is 1. The first-order chi connectivity index (χ1) is 17.0. The van der Waals surface area contributed by atoms with E-state index in [1.165, 1.54) is 48.4 Å². The minimum atomic E-state index is -3.95. The highest BCUT2D eigenvalue weighted by Crippen LogP contribution is 2.33. The van der Waals surface area contributed by atoms with Crippen molar-refractivity contribution in [2.45, 2.75) is 45.7 Å². The summed E-state index contributed by atoms with van der Waals surface area (Å²) in [7, 11) is -2.57. The maximum atomic E-state index is 13.7. The molecule has 2 amide bonds. The largest absolute Gasteiger partial charge is 0.495 e. The van der Waals surface area contributed by atoms with Crippen molar-refractivity contribution < 1.29 is 27.1 Å². The van der Waals surface area contributed by atoms with E-state index in [4.69, 9.17) is 16.3 Å². The van der Waals surface area contributed by atoms with Crippen LogP contribution >= 0.6 is 11.6 Å². The molecule has 2 aromatic carbocycles. The molecule has 0 aromatic heterocycles. The van der Waals surface area contributed by atoms with E-state index >= 15 is 0 Å². The Balaban J connectivity index is 2.46. The van der Waals surface area contributed by atoms with Crippen LogP contribution in [0.3, 0.4) is 0 Å². The van der Waals surface area contributed by atoms with Crippen molar-refractivity contribution >= 4 is 39.1 Å². The lowest BCUT2D eigenvalue weighted by Gasteiger charge is -2.33. The quantitative estimate of drug-likeness (QED) is 0.387. The van der Waals surface area contributed by atoms with Gasteiger partial charge in [-0.3, -0.25) is 13.9 Å². The molecule has 0 heterocycles. The smallest absolute Gasteiger partial charge is 0.244 e. The van der Waals surface area contributed by atoms with Crippen LogP contribution in [0.15, 0.2) is 42.5 Å². The molecule has 0 unspecified atom stereocenters. The minimum Gasteiger partial charge on any atom is -0.495 e. The molecule has 0 spiro atoms. The fourth-order valence-corrected chi connectivity index (χ4v) is 4.68. The molecule has 0 aliphatic rings. The number of carbonyl (C=O) groups is 2. The van der Waals surface area contributed by atoms with Crippen LogP contribution < -0.4 is 14.4 Å². The molecule has 0 aliphatic carbocycles. The zero-order chi connectivity index (χ0) is 26.9. The average Bonchev–Trinajstić information content (AvgIpc) is 2.83. The first kappa shape index (κ1) is 29.4. The lowest BCUT2D eigenvalue weighted by Crippen LogP contribution is -2.52. The summed E-state index contributed by atoms with van der Waals surface area (Å²) in [6, 6.07) is 9.15. The normalized spacial score (nSPS) is 12.1. The average molecular weight is 542 g/mol. The number of amides is 2. The lowest BCUT2D eigenvalue weighted by atomic mass is 10.1. The lowest BCUT2D eigenvalue weighted by molar-refractivity contribution is -0.140. The van der Waals surface area contributed by atoms with Crippen molar-refractivity contribution in [3.8, 4) is 5.75 Å². The van der Waals surface area contributed by atoms with Gasteiger partial charge in [0.1, 0.15) is 24.2 Å². The van der Waals surface area contributed by atoms with Crippen molar-refractivity contribution in [1.29, 1.82) is 0 Å². The Kier molecular flexibility index (Phi) is 11.0. The van der Waals surface area contributed by atoms with Crippen molar-refractivity contribution in [1.82, 2.24) is 10.2 Å². The number of nitrogens with zero attached hydrogens (tertiary/aromatic N) is 2. The van der Waals surface area contributed by atoms with Gasteiger partial charge in [0.15, 0.2) is 0 Å². The van der Waals surface area contributed by atoms with Gasteiger partial charge in [-0.1, -0.05) is 44.0 Å². The summed E-state index contributed by atoms with van der Waals surface area (Å²) in [5.74, 6) is -1.17. The zero-order valence-corrected chi connectivity index (χ0v) is 22.5. The molecule has 2 rings (SSSR count). The van der Waals surface area contributed by atoms with Gasteiger partial charge in [0.2, 0.25) is 21.8 Å². The number of hydrogen-bond donors (Lipinski definition) is 1. The van der Waals surface area contributed by atoms with E-state index in [0.717, 1.165) is 23.4 Å². The highest BCUT2D eigenvalue weighted by atomic mass is 35.5. The van der Waals surface area contributed by atoms with E-state index in [1.807, 2.05) is 6.92 Å². The number of ether oxygens (including phenoxy) is 1. The molecular formula is C25H33ClFN3O5S. The topological polar surface area (TPSA) is 96.0 Å². The van der Waals surface area contributed by atoms with Crippen molar-refractivity contribution in [2.75, 3.05) is 30.8 Å². The number of rotatable bonds is 13. The Morgan fingerprint density at radius 1 is 1.14 bits per heavy atom. The Hall–Kier alpha value is -2.85. The molecule has 1 N–H and O–H groups in total. The summed E-state index contributed by atoms with van der Waals surface area (Å²) < 4.78 is 45.2. The predicted molar refractivity (Wildman–Crippen MR) is 139 cm³/mol. The van der Waals surface area contributed by atoms with Gasteiger partial charge in [-0.25, -0.2) is 12.8 Å². The van der Waals surface area contributed by atoms with Crippen LogP contribution in [0.1, 0.15) is 38.7 Å². The van der Waals surface area contributed by atoms with Crippen molar-refractivity contribution in [2.24, 2.45) is 0 Å². The predicted octanol–water partition coefficient (Wildman–Crippen LogP) is 3.98. The molecule has 1 atom stereocenters. The number of unbranched alkanes of at least 4 members (excludes halogenated alkanes) is 1. The summed E-state index contributed by atoms with van der Waals surface area (Å²) in [6.45, 7) is 3.62. The van der Waals surface area contributed by atoms with Crippen LogP contribution in [0, 0.1) is 5.82 Å². The van der Waals surface area contributed by atoms with E-state index in [0.29, 0.717) is 18.5 Å². The van der Waals surface area contributed by atoms with Gasteiger partial charge in [-0.05, 0) is 48.7 Å². The molecule has 0 aliphatic heterocycles. The molecule has 198 valence electrons. The van der Waals surface area contributed by atoms with Crippen molar-refractivity contribution in [3.05, 3.63) is 58.9 Å². The molecule has 0 saturated carbocycles. The number of sulfonamides is 1. The van der Waals surface area contributed by atoms with Crippen LogP contribution in [-0.2, 0) is 26.2 Å². The summed E-state index contributed by atoms with van der Waals surface area (Å²) in [5.41, 5.74) is 0.693. The number of hydrogen-bond acceptors (Lipinski definition) is 5. The number of benzene rings is 2. The van der Waals surface area contributed by atoms with Crippen LogP contribution in [0.2, 0.25) is 5.02 Å². The molecule has 0 radical (unpaired) electrons. The summed E-state index contributed by atoms with van der Waals surface area (Å²) in [5, 5.41) is 3.10. The van der Waals surface area contributed by atoms with Gasteiger partial charge in [0.25, 0.3) is 0 Å². The highest BCUT2D eigenvalue weighted by Gasteiger charge is 2.32. The van der Waals surface area contributed by atoms with Crippen LogP contribution in [0.25, 0.3) is 0 Å². The molecule has 2 aromatic rings. The Bertz CT molecular complexity index is 1140. The minimum absolute atomic E-state index is 0.0108. The van der Waals surface area contributed by atoms with Gasteiger partial charge in [-0.15, -0.1) is 0 Å². The second-order valence-corrected chi connectivity index (χ2v) is 10.6. The maximum Gasteiger partial charge on any atom is 0.244 e. The monoisotopic (exact) mass is 541 g/mol. The molecular weight excluding hydrogens is 509 g/mol. The van der Waals surface area contributed by atoms with Gasteiger partial charge < -0.3 is 15.0 Å². The number of halogens is 2. The third-order valence-electron chi connectivity index (χ3n) is 5.57. The number of nitrogens with one attached hydrogen (secondary N) is 1. The molecule has 11 heteroatoms. The maximum absolute atomic E-state index is 13.7. The molecule has 36 heavy (non-hydrogen) atoms. The van der Waals surface area contributed by atoms with Gasteiger partial charge in [0, 0.05) is 18.1 Å². The van der Waals surface area contributed by atoms with Gasteiger partial charge in [0.05, 0.1) is 19.1 Å². The van der Waals surface area contributed by atoms with Crippen LogP contribution in [0.5, 0.6) is 5.75 Å². The first-order valence-electron chi connectivity index (χ1n) is 11.6. The van der Waals surface area contributed by atoms with E-state index < -0.39 is 34.3 Å². The summed E-state index contributed by atoms with van der Waals surface area (Å²) in [4.78, 5) is 28.0. The fraction of sp³-hybridized carbons (Fsp3) is 0.440. The standard InChI is InChI=1S/C25H33ClFN3O5S/c1-5-7-14-28-25(32)21(6-2)29(16-18-8-11-20(27)12-9-18)24(31)17-30(36(4,33)34)22-15-19(26)10-13-23(22)35-3/h8-13,15,21H,5-7,14,16-17H2,1-4H3,(H,28,32)/t21-/m1/s1. The number of anilines is 1. The van der Waals surface area contributed by atoms with E-state index in [9.17, 15) is 22.4 Å². The van der Waals surface area contributed by atoms with Gasteiger partial charge in [-0.2, -0.15) is 0 Å². The van der Waals surface area contributed by atoms with Gasteiger partial charge >= 0.3 is 0 Å². The van der Waals surface area contributed by atoms with E-state index in [2.05, 4.69) is 5.32 Å². The first-order valence-corrected chi connectivity index (χ1v) is 13.9. The Morgan fingerprint density at radius 2 is 1.81 bits per heavy atom. The Labute approximate surface area is 217 Å². The molecule has 0 bridgehead atoms. The molecule has 0 saturated heterocycles. The third kappa shape index (κ3) is 8.09. The molecule has 8 nitrogen and oxygen atoms in total. The summed E-state index contributed by atoms with van der Waals surface area (Å²) >= 11 is 6.11. The zero-order valence-electron chi connectivity index (χ0n) is 21.0. The molecule has 0 fully saturated rings. The second kappa shape index (κ2) is 13.5. The van der Waals surface area contributed by atoms with Crippen LogP contribution in [-0.4, -0.2) is 57.6 Å². The van der Waals surface area contributed by atoms with Crippen molar-refractivity contribution in [3.63, 3.8) is 0 Å². The number of carbonyl (C=O) groups excluding carboxylic acids is 2.